The van der Waals surface area contributed by atoms with E-state index in [0.717, 1.165) is 19.5 Å². The average molecular weight is 280 g/mol. The van der Waals surface area contributed by atoms with E-state index in [1.165, 1.54) is 6.20 Å². The molecule has 8 heteroatoms. The lowest BCUT2D eigenvalue weighted by Gasteiger charge is -2.35. The molecule has 0 radical (unpaired) electrons. The first kappa shape index (κ1) is 14.4. The molecule has 0 spiro atoms. The molecule has 1 aliphatic heterocycles. The lowest BCUT2D eigenvalue weighted by Crippen LogP contribution is -2.43. The summed E-state index contributed by atoms with van der Waals surface area (Å²) >= 11 is 0. The SMILES string of the molecule is CNc1ncc([N+](=O)[O-])c(NC2CCN(C)CC2C)n1. The van der Waals surface area contributed by atoms with Gasteiger partial charge in [-0.1, -0.05) is 6.92 Å². The van der Waals surface area contributed by atoms with Crippen molar-refractivity contribution in [3.63, 3.8) is 0 Å². The molecule has 0 aliphatic carbocycles. The molecule has 2 rings (SSSR count). The second-order valence-electron chi connectivity index (χ2n) is 5.21. The zero-order valence-electron chi connectivity index (χ0n) is 12.0. The van der Waals surface area contributed by atoms with E-state index in [4.69, 9.17) is 0 Å². The minimum Gasteiger partial charge on any atom is -0.361 e. The topological polar surface area (TPSA) is 96.2 Å². The number of anilines is 2. The van der Waals surface area contributed by atoms with Gasteiger partial charge in [0.1, 0.15) is 6.20 Å². The molecule has 1 aromatic heterocycles. The first-order valence-electron chi connectivity index (χ1n) is 6.65. The van der Waals surface area contributed by atoms with Gasteiger partial charge in [-0.15, -0.1) is 0 Å². The van der Waals surface area contributed by atoms with Gasteiger partial charge in [0, 0.05) is 19.6 Å². The number of hydrogen-bond donors (Lipinski definition) is 2. The standard InChI is InChI=1S/C12H20N6O2/c1-8-7-17(3)5-4-9(8)15-11-10(18(19)20)6-14-12(13-2)16-11/h6,8-9H,4-5,7H2,1-3H3,(H2,13,14,15,16). The maximum Gasteiger partial charge on any atom is 0.329 e. The molecule has 0 amide bonds. The highest BCUT2D eigenvalue weighted by atomic mass is 16.6. The normalized spacial score (nSPS) is 23.4. The summed E-state index contributed by atoms with van der Waals surface area (Å²) in [4.78, 5) is 20.9. The fraction of sp³-hybridized carbons (Fsp3) is 0.667. The lowest BCUT2D eigenvalue weighted by molar-refractivity contribution is -0.384. The first-order chi connectivity index (χ1) is 9.51. The zero-order valence-corrected chi connectivity index (χ0v) is 12.0. The molecule has 110 valence electrons. The van der Waals surface area contributed by atoms with E-state index in [9.17, 15) is 10.1 Å². The van der Waals surface area contributed by atoms with Gasteiger partial charge in [-0.3, -0.25) is 10.1 Å². The van der Waals surface area contributed by atoms with Crippen LogP contribution in [-0.2, 0) is 0 Å². The Morgan fingerprint density at radius 1 is 1.55 bits per heavy atom. The summed E-state index contributed by atoms with van der Waals surface area (Å²) in [5.41, 5.74) is -0.0878. The number of nitro groups is 1. The van der Waals surface area contributed by atoms with Crippen molar-refractivity contribution in [1.82, 2.24) is 14.9 Å². The summed E-state index contributed by atoms with van der Waals surface area (Å²) in [7, 11) is 3.77. The zero-order chi connectivity index (χ0) is 14.7. The lowest BCUT2D eigenvalue weighted by atomic mass is 9.94. The van der Waals surface area contributed by atoms with Crippen molar-refractivity contribution in [3.05, 3.63) is 16.3 Å². The molecule has 8 nitrogen and oxygen atoms in total. The third kappa shape index (κ3) is 3.13. The van der Waals surface area contributed by atoms with Crippen LogP contribution in [0.25, 0.3) is 0 Å². The molecule has 20 heavy (non-hydrogen) atoms. The molecule has 2 unspecified atom stereocenters. The summed E-state index contributed by atoms with van der Waals surface area (Å²) in [5.74, 6) is 1.07. The van der Waals surface area contributed by atoms with Crippen LogP contribution in [0, 0.1) is 16.0 Å². The van der Waals surface area contributed by atoms with E-state index < -0.39 is 4.92 Å². The average Bonchev–Trinajstić information content (AvgIpc) is 2.41. The maximum absolute atomic E-state index is 11.1. The van der Waals surface area contributed by atoms with Crippen LogP contribution in [0.1, 0.15) is 13.3 Å². The van der Waals surface area contributed by atoms with Gasteiger partial charge in [0.2, 0.25) is 11.8 Å². The molecular formula is C12H20N6O2. The summed E-state index contributed by atoms with van der Waals surface area (Å²) in [5, 5.41) is 17.1. The van der Waals surface area contributed by atoms with Crippen molar-refractivity contribution in [1.29, 1.82) is 0 Å². The Bertz CT molecular complexity index is 495. The van der Waals surface area contributed by atoms with Gasteiger partial charge in [0.05, 0.1) is 4.92 Å². The highest BCUT2D eigenvalue weighted by Crippen LogP contribution is 2.26. The second kappa shape index (κ2) is 6.00. The number of rotatable bonds is 4. The fourth-order valence-electron chi connectivity index (χ4n) is 2.48. The minimum absolute atomic E-state index is 0.0878. The maximum atomic E-state index is 11.1. The van der Waals surface area contributed by atoms with Gasteiger partial charge in [0.15, 0.2) is 0 Å². The predicted molar refractivity (Wildman–Crippen MR) is 76.9 cm³/mol. The number of aromatic nitrogens is 2. The third-order valence-corrected chi connectivity index (χ3v) is 3.62. The molecule has 1 saturated heterocycles. The van der Waals surface area contributed by atoms with E-state index in [0.29, 0.717) is 11.9 Å². The van der Waals surface area contributed by atoms with Gasteiger partial charge in [-0.25, -0.2) is 4.98 Å². The number of piperidine rings is 1. The van der Waals surface area contributed by atoms with Crippen molar-refractivity contribution < 1.29 is 4.92 Å². The Kier molecular flexibility index (Phi) is 4.33. The Labute approximate surface area is 117 Å². The minimum atomic E-state index is -0.457. The summed E-state index contributed by atoms with van der Waals surface area (Å²) in [6.07, 6.45) is 2.18. The van der Waals surface area contributed by atoms with E-state index >= 15 is 0 Å². The van der Waals surface area contributed by atoms with Crippen molar-refractivity contribution in [2.75, 3.05) is 37.8 Å². The van der Waals surface area contributed by atoms with Gasteiger partial charge in [-0.05, 0) is 25.9 Å². The summed E-state index contributed by atoms with van der Waals surface area (Å²) in [6.45, 7) is 4.08. The highest BCUT2D eigenvalue weighted by Gasteiger charge is 2.27. The number of nitrogens with zero attached hydrogens (tertiary/aromatic N) is 4. The molecule has 0 bridgehead atoms. The van der Waals surface area contributed by atoms with E-state index in [-0.39, 0.29) is 17.5 Å². The molecule has 2 heterocycles. The van der Waals surface area contributed by atoms with E-state index in [1.54, 1.807) is 7.05 Å². The van der Waals surface area contributed by atoms with Gasteiger partial charge >= 0.3 is 5.69 Å². The molecule has 1 aromatic rings. The molecule has 2 atom stereocenters. The molecule has 0 saturated carbocycles. The van der Waals surface area contributed by atoms with Crippen LogP contribution in [0.3, 0.4) is 0 Å². The largest absolute Gasteiger partial charge is 0.361 e. The molecule has 2 N–H and O–H groups in total. The Hall–Kier alpha value is -1.96. The monoisotopic (exact) mass is 280 g/mol. The van der Waals surface area contributed by atoms with Gasteiger partial charge in [-0.2, -0.15) is 4.98 Å². The number of hydrogen-bond acceptors (Lipinski definition) is 7. The molecular weight excluding hydrogens is 260 g/mol. The smallest absolute Gasteiger partial charge is 0.329 e. The fourth-order valence-corrected chi connectivity index (χ4v) is 2.48. The second-order valence-corrected chi connectivity index (χ2v) is 5.21. The quantitative estimate of drug-likeness (QED) is 0.631. The van der Waals surface area contributed by atoms with Crippen LogP contribution in [-0.4, -0.2) is 53.0 Å². The van der Waals surface area contributed by atoms with Crippen molar-refractivity contribution in [3.8, 4) is 0 Å². The van der Waals surface area contributed by atoms with Crippen LogP contribution < -0.4 is 10.6 Å². The van der Waals surface area contributed by atoms with Crippen LogP contribution in [0.4, 0.5) is 17.5 Å². The third-order valence-electron chi connectivity index (χ3n) is 3.62. The van der Waals surface area contributed by atoms with Crippen molar-refractivity contribution >= 4 is 17.5 Å². The number of likely N-dealkylation sites (tertiary alicyclic amines) is 1. The Morgan fingerprint density at radius 2 is 2.30 bits per heavy atom. The summed E-state index contributed by atoms with van der Waals surface area (Å²) < 4.78 is 0. The van der Waals surface area contributed by atoms with E-state index in [2.05, 4.69) is 39.5 Å². The van der Waals surface area contributed by atoms with Gasteiger partial charge < -0.3 is 15.5 Å². The van der Waals surface area contributed by atoms with Crippen molar-refractivity contribution in [2.45, 2.75) is 19.4 Å². The number of nitrogens with one attached hydrogen (secondary N) is 2. The molecule has 0 aromatic carbocycles. The van der Waals surface area contributed by atoms with Crippen LogP contribution in [0.5, 0.6) is 0 Å². The Balaban J connectivity index is 2.20. The highest BCUT2D eigenvalue weighted by molar-refractivity contribution is 5.57. The van der Waals surface area contributed by atoms with Crippen LogP contribution >= 0.6 is 0 Å². The van der Waals surface area contributed by atoms with Crippen LogP contribution in [0.15, 0.2) is 6.20 Å². The molecule has 1 fully saturated rings. The summed E-state index contributed by atoms with van der Waals surface area (Å²) in [6, 6.07) is 0.185. The van der Waals surface area contributed by atoms with Crippen molar-refractivity contribution in [2.24, 2.45) is 5.92 Å². The van der Waals surface area contributed by atoms with Gasteiger partial charge in [0.25, 0.3) is 0 Å². The predicted octanol–water partition coefficient (Wildman–Crippen LogP) is 1.18. The van der Waals surface area contributed by atoms with E-state index in [1.807, 2.05) is 0 Å². The molecule has 1 aliphatic rings. The first-order valence-corrected chi connectivity index (χ1v) is 6.65. The van der Waals surface area contributed by atoms with Crippen LogP contribution in [0.2, 0.25) is 0 Å². The Morgan fingerprint density at radius 3 is 2.90 bits per heavy atom.